The Kier molecular flexibility index (Phi) is 4.99. The van der Waals surface area contributed by atoms with Crippen LogP contribution in [0.25, 0.3) is 0 Å². The van der Waals surface area contributed by atoms with Crippen LogP contribution in [0.2, 0.25) is 0 Å². The van der Waals surface area contributed by atoms with Crippen molar-refractivity contribution in [3.05, 3.63) is 35.4 Å². The maximum atomic E-state index is 13.5. The summed E-state index contributed by atoms with van der Waals surface area (Å²) >= 11 is 0. The fourth-order valence-electron chi connectivity index (χ4n) is 2.44. The number of morpholine rings is 1. The van der Waals surface area contributed by atoms with Crippen LogP contribution in [-0.4, -0.2) is 48.1 Å². The van der Waals surface area contributed by atoms with Crippen molar-refractivity contribution in [2.24, 2.45) is 0 Å². The van der Waals surface area contributed by atoms with Gasteiger partial charge in [0.25, 0.3) is 5.91 Å². The molecule has 0 radical (unpaired) electrons. The third-order valence-electron chi connectivity index (χ3n) is 3.77. The van der Waals surface area contributed by atoms with Crippen molar-refractivity contribution >= 4 is 11.8 Å². The molecule has 0 bridgehead atoms. The lowest BCUT2D eigenvalue weighted by Crippen LogP contribution is -2.59. The zero-order valence-corrected chi connectivity index (χ0v) is 13.4. The Balaban J connectivity index is 1.99. The quantitative estimate of drug-likeness (QED) is 0.920. The highest BCUT2D eigenvalue weighted by molar-refractivity contribution is 5.96. The van der Waals surface area contributed by atoms with Gasteiger partial charge in [0.05, 0.1) is 30.4 Å². The number of hydrogen-bond acceptors (Lipinski definition) is 3. The van der Waals surface area contributed by atoms with Crippen LogP contribution in [0.4, 0.5) is 8.78 Å². The van der Waals surface area contributed by atoms with E-state index in [9.17, 15) is 18.4 Å². The summed E-state index contributed by atoms with van der Waals surface area (Å²) < 4.78 is 31.9. The molecular formula is C16H20F2N2O3. The Morgan fingerprint density at radius 1 is 1.39 bits per heavy atom. The third-order valence-corrected chi connectivity index (χ3v) is 3.77. The van der Waals surface area contributed by atoms with E-state index in [2.05, 4.69) is 5.32 Å². The largest absolute Gasteiger partial charge is 0.374 e. The average Bonchev–Trinajstić information content (AvgIpc) is 2.47. The van der Waals surface area contributed by atoms with Crippen molar-refractivity contribution in [3.8, 4) is 0 Å². The van der Waals surface area contributed by atoms with E-state index in [-0.39, 0.29) is 24.1 Å². The van der Waals surface area contributed by atoms with Crippen LogP contribution in [0, 0.1) is 11.6 Å². The molecule has 1 atom stereocenters. The Bertz CT molecular complexity index is 619. The number of ether oxygens (including phenoxy) is 1. The van der Waals surface area contributed by atoms with Crippen molar-refractivity contribution in [3.63, 3.8) is 0 Å². The summed E-state index contributed by atoms with van der Waals surface area (Å²) in [5, 5.41) is 2.38. The minimum absolute atomic E-state index is 0.0859. The predicted octanol–water partition coefficient (Wildman–Crippen LogP) is 1.72. The van der Waals surface area contributed by atoms with Gasteiger partial charge in [0.2, 0.25) is 5.91 Å². The van der Waals surface area contributed by atoms with Crippen molar-refractivity contribution < 1.29 is 23.1 Å². The van der Waals surface area contributed by atoms with E-state index in [0.29, 0.717) is 19.2 Å². The molecule has 2 rings (SSSR count). The number of carbonyl (C=O) groups excluding carboxylic acids is 2. The van der Waals surface area contributed by atoms with E-state index in [1.165, 1.54) is 0 Å². The summed E-state index contributed by atoms with van der Waals surface area (Å²) in [7, 11) is 0. The van der Waals surface area contributed by atoms with Crippen molar-refractivity contribution in [2.75, 3.05) is 19.7 Å². The van der Waals surface area contributed by atoms with E-state index < -0.39 is 23.1 Å². The van der Waals surface area contributed by atoms with E-state index in [1.54, 1.807) is 4.90 Å². The predicted molar refractivity (Wildman–Crippen MR) is 79.9 cm³/mol. The van der Waals surface area contributed by atoms with E-state index in [1.807, 2.05) is 20.8 Å². The Morgan fingerprint density at radius 3 is 2.74 bits per heavy atom. The molecule has 2 amide bonds. The Morgan fingerprint density at radius 2 is 2.09 bits per heavy atom. The highest BCUT2D eigenvalue weighted by atomic mass is 19.1. The van der Waals surface area contributed by atoms with E-state index in [0.717, 1.165) is 12.1 Å². The zero-order valence-electron chi connectivity index (χ0n) is 13.4. The number of nitrogens with one attached hydrogen (secondary N) is 1. The van der Waals surface area contributed by atoms with Crippen LogP contribution >= 0.6 is 0 Å². The molecule has 0 aliphatic carbocycles. The summed E-state index contributed by atoms with van der Waals surface area (Å²) in [6, 6.07) is 2.67. The standard InChI is InChI=1S/C16H20F2N2O3/c1-10-8-20(16(2,3)9-23-10)14(21)7-19-15(22)12-5-4-11(17)6-13(12)18/h4-6,10H,7-9H2,1-3H3,(H,19,22)/t10-/m1/s1. The van der Waals surface area contributed by atoms with Gasteiger partial charge in [0, 0.05) is 12.6 Å². The molecular weight excluding hydrogens is 306 g/mol. The lowest BCUT2D eigenvalue weighted by molar-refractivity contribution is -0.151. The van der Waals surface area contributed by atoms with Crippen molar-refractivity contribution in [1.29, 1.82) is 0 Å². The Labute approximate surface area is 133 Å². The second-order valence-electron chi connectivity index (χ2n) is 6.25. The number of nitrogens with zero attached hydrogens (tertiary/aromatic N) is 1. The number of amides is 2. The van der Waals surface area contributed by atoms with E-state index >= 15 is 0 Å². The molecule has 1 aliphatic rings. The molecule has 1 aromatic carbocycles. The van der Waals surface area contributed by atoms with Gasteiger partial charge in [-0.1, -0.05) is 0 Å². The second kappa shape index (κ2) is 6.62. The van der Waals surface area contributed by atoms with Crippen LogP contribution in [0.15, 0.2) is 18.2 Å². The molecule has 1 fully saturated rings. The molecule has 1 aliphatic heterocycles. The monoisotopic (exact) mass is 326 g/mol. The molecule has 1 N–H and O–H groups in total. The first kappa shape index (κ1) is 17.3. The van der Waals surface area contributed by atoms with Gasteiger partial charge in [0.15, 0.2) is 0 Å². The minimum Gasteiger partial charge on any atom is -0.374 e. The molecule has 126 valence electrons. The highest BCUT2D eigenvalue weighted by Gasteiger charge is 2.36. The number of benzene rings is 1. The maximum absolute atomic E-state index is 13.5. The molecule has 5 nitrogen and oxygen atoms in total. The number of hydrogen-bond donors (Lipinski definition) is 1. The zero-order chi connectivity index (χ0) is 17.2. The first-order valence-electron chi connectivity index (χ1n) is 7.36. The van der Waals surface area contributed by atoms with Gasteiger partial charge in [0.1, 0.15) is 11.6 Å². The van der Waals surface area contributed by atoms with Gasteiger partial charge in [-0.25, -0.2) is 8.78 Å². The number of halogens is 2. The summed E-state index contributed by atoms with van der Waals surface area (Å²) in [5.74, 6) is -2.76. The minimum atomic E-state index is -0.963. The first-order valence-corrected chi connectivity index (χ1v) is 7.36. The average molecular weight is 326 g/mol. The molecule has 0 spiro atoms. The highest BCUT2D eigenvalue weighted by Crippen LogP contribution is 2.21. The summed E-state index contributed by atoms with van der Waals surface area (Å²) in [4.78, 5) is 25.9. The Hall–Kier alpha value is -2.02. The summed E-state index contributed by atoms with van der Waals surface area (Å²) in [6.45, 7) is 6.18. The lowest BCUT2D eigenvalue weighted by Gasteiger charge is -2.44. The maximum Gasteiger partial charge on any atom is 0.254 e. The molecule has 1 aromatic rings. The fourth-order valence-corrected chi connectivity index (χ4v) is 2.44. The van der Waals surface area contributed by atoms with Crippen LogP contribution < -0.4 is 5.32 Å². The molecule has 23 heavy (non-hydrogen) atoms. The van der Waals surface area contributed by atoms with Gasteiger partial charge < -0.3 is 15.0 Å². The number of rotatable bonds is 3. The molecule has 0 aromatic heterocycles. The van der Waals surface area contributed by atoms with Crippen LogP contribution in [0.5, 0.6) is 0 Å². The molecule has 0 unspecified atom stereocenters. The first-order chi connectivity index (χ1) is 10.7. The van der Waals surface area contributed by atoms with Crippen LogP contribution in [0.3, 0.4) is 0 Å². The third kappa shape index (κ3) is 4.04. The van der Waals surface area contributed by atoms with E-state index in [4.69, 9.17) is 4.74 Å². The second-order valence-corrected chi connectivity index (χ2v) is 6.25. The normalized spacial score (nSPS) is 20.2. The lowest BCUT2D eigenvalue weighted by atomic mass is 10.0. The molecule has 0 saturated carbocycles. The fraction of sp³-hybridized carbons (Fsp3) is 0.500. The van der Waals surface area contributed by atoms with Crippen LogP contribution in [0.1, 0.15) is 31.1 Å². The van der Waals surface area contributed by atoms with Gasteiger partial charge in [-0.05, 0) is 32.9 Å². The van der Waals surface area contributed by atoms with Gasteiger partial charge in [-0.15, -0.1) is 0 Å². The smallest absolute Gasteiger partial charge is 0.254 e. The van der Waals surface area contributed by atoms with Gasteiger partial charge >= 0.3 is 0 Å². The SMILES string of the molecule is C[C@@H]1CN(C(=O)CNC(=O)c2ccc(F)cc2F)C(C)(C)CO1. The van der Waals surface area contributed by atoms with Gasteiger partial charge in [-0.3, -0.25) is 9.59 Å². The topological polar surface area (TPSA) is 58.6 Å². The summed E-state index contributed by atoms with van der Waals surface area (Å²) in [5.41, 5.74) is -0.774. The van der Waals surface area contributed by atoms with Crippen molar-refractivity contribution in [1.82, 2.24) is 10.2 Å². The van der Waals surface area contributed by atoms with Gasteiger partial charge in [-0.2, -0.15) is 0 Å². The number of carbonyl (C=O) groups is 2. The molecule has 1 saturated heterocycles. The van der Waals surface area contributed by atoms with Crippen LogP contribution in [-0.2, 0) is 9.53 Å². The summed E-state index contributed by atoms with van der Waals surface area (Å²) in [6.07, 6.45) is -0.0859. The molecule has 1 heterocycles. The molecule has 7 heteroatoms. The van der Waals surface area contributed by atoms with Crippen molar-refractivity contribution in [2.45, 2.75) is 32.4 Å².